The number of pyridine rings is 1. The summed E-state index contributed by atoms with van der Waals surface area (Å²) in [5.74, 6) is 0.982. The highest BCUT2D eigenvalue weighted by Gasteiger charge is 1.94. The summed E-state index contributed by atoms with van der Waals surface area (Å²) in [7, 11) is 3.96. The summed E-state index contributed by atoms with van der Waals surface area (Å²) in [5.41, 5.74) is 1.13. The van der Waals surface area contributed by atoms with Gasteiger partial charge in [0.2, 0.25) is 0 Å². The molecule has 0 spiro atoms. The third-order valence-electron chi connectivity index (χ3n) is 1.63. The number of alkyl halides is 1. The Labute approximate surface area is 87.4 Å². The fourth-order valence-corrected chi connectivity index (χ4v) is 1.13. The van der Waals surface area contributed by atoms with Crippen molar-refractivity contribution in [1.29, 1.82) is 0 Å². The third-order valence-corrected chi connectivity index (χ3v) is 2.00. The van der Waals surface area contributed by atoms with E-state index in [4.69, 9.17) is 0 Å². The Morgan fingerprint density at radius 1 is 1.46 bits per heavy atom. The molecule has 0 saturated heterocycles. The first-order valence-corrected chi connectivity index (χ1v) is 5.22. The maximum absolute atomic E-state index is 4.29. The number of hydrogen-bond acceptors (Lipinski definition) is 2. The van der Waals surface area contributed by atoms with Crippen LogP contribution in [0.15, 0.2) is 24.4 Å². The summed E-state index contributed by atoms with van der Waals surface area (Å²) in [5, 5.41) is 0.877. The summed E-state index contributed by atoms with van der Waals surface area (Å²) < 4.78 is 0. The molecule has 0 aliphatic rings. The van der Waals surface area contributed by atoms with Crippen molar-refractivity contribution in [2.75, 3.05) is 24.3 Å². The van der Waals surface area contributed by atoms with E-state index in [1.807, 2.05) is 43.4 Å². The van der Waals surface area contributed by atoms with E-state index >= 15 is 0 Å². The van der Waals surface area contributed by atoms with Crippen LogP contribution in [-0.2, 0) is 0 Å². The fourth-order valence-electron chi connectivity index (χ4n) is 0.941. The monoisotopic (exact) mass is 240 g/mol. The lowest BCUT2D eigenvalue weighted by atomic mass is 10.2. The molecule has 0 fully saturated rings. The zero-order chi connectivity index (χ0) is 9.68. The van der Waals surface area contributed by atoms with E-state index < -0.39 is 0 Å². The molecule has 0 aromatic carbocycles. The molecule has 1 aromatic heterocycles. The summed E-state index contributed by atoms with van der Waals surface area (Å²) in [6.07, 6.45) is 5.96. The molecule has 0 N–H and O–H groups in total. The fraction of sp³-hybridized carbons (Fsp3) is 0.300. The van der Waals surface area contributed by atoms with Crippen LogP contribution in [0.2, 0.25) is 0 Å². The Kier molecular flexibility index (Phi) is 3.96. The summed E-state index contributed by atoms with van der Waals surface area (Å²) >= 11 is 3.33. The quantitative estimate of drug-likeness (QED) is 0.756. The molecule has 0 amide bonds. The Bertz CT molecular complexity index is 277. The predicted octanol–water partition coefficient (Wildman–Crippen LogP) is 2.56. The van der Waals surface area contributed by atoms with Gasteiger partial charge in [-0.15, -0.1) is 0 Å². The van der Waals surface area contributed by atoms with E-state index in [0.29, 0.717) is 0 Å². The molecule has 70 valence electrons. The van der Waals surface area contributed by atoms with Crippen molar-refractivity contribution in [3.05, 3.63) is 30.0 Å². The van der Waals surface area contributed by atoms with Crippen molar-refractivity contribution in [3.63, 3.8) is 0 Å². The Hall–Kier alpha value is -0.830. The maximum Gasteiger partial charge on any atom is 0.127 e. The molecule has 0 bridgehead atoms. The molecule has 0 radical (unpaired) electrons. The predicted molar refractivity (Wildman–Crippen MR) is 61.4 cm³/mol. The second-order valence-corrected chi connectivity index (χ2v) is 3.55. The van der Waals surface area contributed by atoms with Gasteiger partial charge in [0.15, 0.2) is 0 Å². The van der Waals surface area contributed by atoms with Gasteiger partial charge in [-0.3, -0.25) is 0 Å². The van der Waals surface area contributed by atoms with Crippen molar-refractivity contribution in [3.8, 4) is 0 Å². The largest absolute Gasteiger partial charge is 0.363 e. The lowest BCUT2D eigenvalue weighted by molar-refractivity contribution is 1.07. The molecule has 0 atom stereocenters. The number of halogens is 1. The average molecular weight is 241 g/mol. The van der Waals surface area contributed by atoms with Crippen LogP contribution in [0.3, 0.4) is 0 Å². The topological polar surface area (TPSA) is 16.1 Å². The smallest absolute Gasteiger partial charge is 0.127 e. The van der Waals surface area contributed by atoms with Gasteiger partial charge in [-0.25, -0.2) is 4.98 Å². The van der Waals surface area contributed by atoms with Gasteiger partial charge in [0, 0.05) is 25.6 Å². The zero-order valence-electron chi connectivity index (χ0n) is 7.87. The van der Waals surface area contributed by atoms with E-state index in [1.165, 1.54) is 0 Å². The second-order valence-electron chi connectivity index (χ2n) is 2.90. The summed E-state index contributed by atoms with van der Waals surface area (Å²) in [4.78, 5) is 6.27. The first-order chi connectivity index (χ1) is 6.24. The second kappa shape index (κ2) is 5.02. The van der Waals surface area contributed by atoms with Crippen molar-refractivity contribution in [2.45, 2.75) is 0 Å². The number of nitrogens with zero attached hydrogens (tertiary/aromatic N) is 2. The van der Waals surface area contributed by atoms with E-state index in [1.54, 1.807) is 0 Å². The molecular weight excluding hydrogens is 228 g/mol. The van der Waals surface area contributed by atoms with Crippen molar-refractivity contribution in [1.82, 2.24) is 4.98 Å². The van der Waals surface area contributed by atoms with Crippen LogP contribution in [0.5, 0.6) is 0 Å². The highest BCUT2D eigenvalue weighted by molar-refractivity contribution is 9.09. The first kappa shape index (κ1) is 10.3. The van der Waals surface area contributed by atoms with E-state index in [9.17, 15) is 0 Å². The van der Waals surface area contributed by atoms with Gasteiger partial charge in [-0.2, -0.15) is 0 Å². The van der Waals surface area contributed by atoms with Crippen molar-refractivity contribution >= 4 is 27.8 Å². The third kappa shape index (κ3) is 3.19. The van der Waals surface area contributed by atoms with Crippen LogP contribution < -0.4 is 4.90 Å². The van der Waals surface area contributed by atoms with Crippen LogP contribution in [0.25, 0.3) is 6.08 Å². The molecule has 2 nitrogen and oxygen atoms in total. The Balaban J connectivity index is 2.75. The molecule has 0 aliphatic heterocycles. The van der Waals surface area contributed by atoms with Gasteiger partial charge >= 0.3 is 0 Å². The van der Waals surface area contributed by atoms with Gasteiger partial charge in [-0.05, 0) is 17.7 Å². The molecule has 3 heteroatoms. The van der Waals surface area contributed by atoms with Gasteiger partial charge in [0.1, 0.15) is 5.82 Å². The number of rotatable bonds is 3. The van der Waals surface area contributed by atoms with E-state index in [2.05, 4.69) is 27.0 Å². The van der Waals surface area contributed by atoms with E-state index in [-0.39, 0.29) is 0 Å². The minimum Gasteiger partial charge on any atom is -0.363 e. The molecule has 1 heterocycles. The molecule has 13 heavy (non-hydrogen) atoms. The molecule has 1 aromatic rings. The molecule has 0 aliphatic carbocycles. The van der Waals surface area contributed by atoms with Crippen molar-refractivity contribution < 1.29 is 0 Å². The molecule has 0 unspecified atom stereocenters. The number of anilines is 1. The molecule has 1 rings (SSSR count). The lowest BCUT2D eigenvalue weighted by Gasteiger charge is -2.10. The highest BCUT2D eigenvalue weighted by atomic mass is 79.9. The van der Waals surface area contributed by atoms with Gasteiger partial charge in [0.05, 0.1) is 0 Å². The van der Waals surface area contributed by atoms with Gasteiger partial charge in [-0.1, -0.05) is 28.1 Å². The van der Waals surface area contributed by atoms with E-state index in [0.717, 1.165) is 16.7 Å². The van der Waals surface area contributed by atoms with Gasteiger partial charge < -0.3 is 4.90 Å². The summed E-state index contributed by atoms with van der Waals surface area (Å²) in [6, 6.07) is 4.06. The normalized spacial score (nSPS) is 10.7. The Morgan fingerprint density at radius 3 is 2.69 bits per heavy atom. The van der Waals surface area contributed by atoms with Crippen LogP contribution in [0.4, 0.5) is 5.82 Å². The Morgan fingerprint density at radius 2 is 2.23 bits per heavy atom. The van der Waals surface area contributed by atoms with Crippen LogP contribution in [-0.4, -0.2) is 24.4 Å². The first-order valence-electron chi connectivity index (χ1n) is 4.10. The van der Waals surface area contributed by atoms with Crippen LogP contribution in [0, 0.1) is 0 Å². The summed E-state index contributed by atoms with van der Waals surface area (Å²) in [6.45, 7) is 0. The maximum atomic E-state index is 4.29. The van der Waals surface area contributed by atoms with Crippen LogP contribution in [0.1, 0.15) is 5.56 Å². The standard InChI is InChI=1S/C10H13BrN2/c1-13(2)10-6-5-9(8-12-10)4-3-7-11/h3-6,8H,7H2,1-2H3. The highest BCUT2D eigenvalue weighted by Crippen LogP contribution is 2.08. The van der Waals surface area contributed by atoms with Crippen LogP contribution >= 0.6 is 15.9 Å². The molecule has 0 saturated carbocycles. The minimum absolute atomic E-state index is 0.877. The molecular formula is C10H13BrN2. The van der Waals surface area contributed by atoms with Crippen molar-refractivity contribution in [2.24, 2.45) is 0 Å². The number of aromatic nitrogens is 1. The zero-order valence-corrected chi connectivity index (χ0v) is 9.45. The number of hydrogen-bond donors (Lipinski definition) is 0. The SMILES string of the molecule is CN(C)c1ccc(C=CCBr)cn1. The number of allylic oxidation sites excluding steroid dienone is 1. The van der Waals surface area contributed by atoms with Gasteiger partial charge in [0.25, 0.3) is 0 Å². The lowest BCUT2D eigenvalue weighted by Crippen LogP contribution is -2.09. The average Bonchev–Trinajstić information content (AvgIpc) is 2.15. The minimum atomic E-state index is 0.877.